The maximum atomic E-state index is 12.7. The molecule has 2 rings (SSSR count). The lowest BCUT2D eigenvalue weighted by molar-refractivity contribution is -0.140. The van der Waals surface area contributed by atoms with E-state index in [1.54, 1.807) is 19.0 Å². The van der Waals surface area contributed by atoms with E-state index in [4.69, 9.17) is 0 Å². The number of rotatable bonds is 3. The minimum atomic E-state index is -0.112. The highest BCUT2D eigenvalue weighted by molar-refractivity contribution is 5.84. The average molecular weight is 295 g/mol. The molecule has 0 unspecified atom stereocenters. The molecular formula is C16H29N3O2. The molecule has 0 aromatic rings. The van der Waals surface area contributed by atoms with E-state index in [1.165, 1.54) is 6.42 Å². The Morgan fingerprint density at radius 2 is 1.67 bits per heavy atom. The van der Waals surface area contributed by atoms with Crippen molar-refractivity contribution in [3.05, 3.63) is 0 Å². The van der Waals surface area contributed by atoms with Gasteiger partial charge in [-0.2, -0.15) is 0 Å². The Bertz CT molecular complexity index is 387. The van der Waals surface area contributed by atoms with Gasteiger partial charge < -0.3 is 9.80 Å². The lowest BCUT2D eigenvalue weighted by Crippen LogP contribution is -2.53. The van der Waals surface area contributed by atoms with Crippen LogP contribution in [-0.4, -0.2) is 71.8 Å². The largest absolute Gasteiger partial charge is 0.347 e. The van der Waals surface area contributed by atoms with E-state index in [1.807, 2.05) is 4.90 Å². The van der Waals surface area contributed by atoms with Crippen LogP contribution >= 0.6 is 0 Å². The summed E-state index contributed by atoms with van der Waals surface area (Å²) in [4.78, 5) is 30.6. The first-order valence-electron chi connectivity index (χ1n) is 8.18. The number of hydrogen-bond donors (Lipinski definition) is 0. The van der Waals surface area contributed by atoms with Crippen LogP contribution in [0.25, 0.3) is 0 Å². The van der Waals surface area contributed by atoms with Crippen molar-refractivity contribution in [2.75, 3.05) is 27.2 Å². The molecular weight excluding hydrogens is 266 g/mol. The molecule has 2 saturated heterocycles. The second kappa shape index (κ2) is 6.77. The van der Waals surface area contributed by atoms with Gasteiger partial charge in [-0.05, 0) is 52.5 Å². The summed E-state index contributed by atoms with van der Waals surface area (Å²) in [7, 11) is 3.57. The number of piperidine rings is 1. The first-order valence-corrected chi connectivity index (χ1v) is 8.18. The van der Waals surface area contributed by atoms with Gasteiger partial charge in [0.2, 0.25) is 11.8 Å². The van der Waals surface area contributed by atoms with Crippen LogP contribution in [0.4, 0.5) is 0 Å². The molecule has 21 heavy (non-hydrogen) atoms. The van der Waals surface area contributed by atoms with Crippen molar-refractivity contribution in [1.29, 1.82) is 0 Å². The summed E-state index contributed by atoms with van der Waals surface area (Å²) < 4.78 is 0. The van der Waals surface area contributed by atoms with Crippen molar-refractivity contribution in [2.45, 2.75) is 64.1 Å². The maximum absolute atomic E-state index is 12.7. The van der Waals surface area contributed by atoms with Gasteiger partial charge in [-0.25, -0.2) is 0 Å². The van der Waals surface area contributed by atoms with Gasteiger partial charge in [0.1, 0.15) is 0 Å². The Morgan fingerprint density at radius 1 is 1.05 bits per heavy atom. The number of carbonyl (C=O) groups excluding carboxylic acids is 2. The summed E-state index contributed by atoms with van der Waals surface area (Å²) in [6.07, 6.45) is 5.27. The Morgan fingerprint density at radius 3 is 2.24 bits per heavy atom. The molecule has 3 atom stereocenters. The number of amides is 2. The van der Waals surface area contributed by atoms with E-state index in [0.717, 1.165) is 32.2 Å². The highest BCUT2D eigenvalue weighted by atomic mass is 16.2. The van der Waals surface area contributed by atoms with Gasteiger partial charge in [0, 0.05) is 26.2 Å². The molecule has 0 aromatic heterocycles. The lowest BCUT2D eigenvalue weighted by atomic mass is 9.97. The van der Waals surface area contributed by atoms with Gasteiger partial charge in [-0.3, -0.25) is 14.5 Å². The minimum absolute atomic E-state index is 0.112. The van der Waals surface area contributed by atoms with Crippen LogP contribution in [0, 0.1) is 0 Å². The molecule has 0 bridgehead atoms. The fourth-order valence-corrected chi connectivity index (χ4v) is 3.76. The zero-order valence-corrected chi connectivity index (χ0v) is 13.8. The zero-order valence-electron chi connectivity index (χ0n) is 13.8. The summed E-state index contributed by atoms with van der Waals surface area (Å²) >= 11 is 0. The normalized spacial score (nSPS) is 30.5. The Hall–Kier alpha value is -1.10. The third kappa shape index (κ3) is 3.57. The predicted octanol–water partition coefficient (Wildman–Crippen LogP) is 1.33. The Balaban J connectivity index is 1.99. The summed E-state index contributed by atoms with van der Waals surface area (Å²) in [5.74, 6) is 0.313. The van der Waals surface area contributed by atoms with Gasteiger partial charge in [0.15, 0.2) is 0 Å². The molecule has 2 fully saturated rings. The Labute approximate surface area is 128 Å². The predicted molar refractivity (Wildman–Crippen MR) is 82.9 cm³/mol. The van der Waals surface area contributed by atoms with Crippen molar-refractivity contribution < 1.29 is 9.59 Å². The van der Waals surface area contributed by atoms with Gasteiger partial charge in [0.05, 0.1) is 12.6 Å². The molecule has 0 N–H and O–H groups in total. The van der Waals surface area contributed by atoms with Crippen molar-refractivity contribution >= 4 is 11.8 Å². The van der Waals surface area contributed by atoms with Gasteiger partial charge in [-0.15, -0.1) is 0 Å². The number of nitrogens with zero attached hydrogens (tertiary/aromatic N) is 3. The first-order chi connectivity index (χ1) is 9.91. The monoisotopic (exact) mass is 295 g/mol. The van der Waals surface area contributed by atoms with E-state index >= 15 is 0 Å². The topological polar surface area (TPSA) is 43.9 Å². The van der Waals surface area contributed by atoms with Crippen LogP contribution in [0.3, 0.4) is 0 Å². The van der Waals surface area contributed by atoms with E-state index < -0.39 is 0 Å². The fraction of sp³-hybridized carbons (Fsp3) is 0.875. The lowest BCUT2D eigenvalue weighted by Gasteiger charge is -2.40. The van der Waals surface area contributed by atoms with E-state index in [0.29, 0.717) is 18.6 Å². The first kappa shape index (κ1) is 16.3. The SMILES string of the molecule is C[C@@H]1CCC[C@H](C)N1C(=O)CN1CCC[C@@H]1C(=O)N(C)C. The van der Waals surface area contributed by atoms with Gasteiger partial charge >= 0.3 is 0 Å². The zero-order chi connectivity index (χ0) is 15.6. The van der Waals surface area contributed by atoms with E-state index in [2.05, 4.69) is 18.7 Å². The molecule has 0 saturated carbocycles. The number of hydrogen-bond acceptors (Lipinski definition) is 3. The highest BCUT2D eigenvalue weighted by Gasteiger charge is 2.36. The summed E-state index contributed by atoms with van der Waals surface area (Å²) in [6.45, 7) is 5.52. The second-order valence-corrected chi connectivity index (χ2v) is 6.79. The molecule has 5 nitrogen and oxygen atoms in total. The van der Waals surface area contributed by atoms with Crippen molar-refractivity contribution in [1.82, 2.24) is 14.7 Å². The van der Waals surface area contributed by atoms with Crippen LogP contribution < -0.4 is 0 Å². The van der Waals surface area contributed by atoms with Crippen LogP contribution in [-0.2, 0) is 9.59 Å². The smallest absolute Gasteiger partial charge is 0.239 e. The number of carbonyl (C=O) groups is 2. The van der Waals surface area contributed by atoms with Crippen molar-refractivity contribution in [2.24, 2.45) is 0 Å². The standard InChI is InChI=1S/C16H29N3O2/c1-12-7-5-8-13(2)19(12)15(20)11-18-10-6-9-14(18)16(21)17(3)4/h12-14H,5-11H2,1-4H3/t12-,13+,14-/m1/s1. The molecule has 2 heterocycles. The van der Waals surface area contributed by atoms with E-state index in [9.17, 15) is 9.59 Å². The van der Waals surface area contributed by atoms with Gasteiger partial charge in [-0.1, -0.05) is 0 Å². The van der Waals surface area contributed by atoms with E-state index in [-0.39, 0.29) is 17.9 Å². The van der Waals surface area contributed by atoms with Crippen LogP contribution in [0.5, 0.6) is 0 Å². The summed E-state index contributed by atoms with van der Waals surface area (Å²) in [6, 6.07) is 0.540. The second-order valence-electron chi connectivity index (χ2n) is 6.79. The minimum Gasteiger partial charge on any atom is -0.347 e. The quantitative estimate of drug-likeness (QED) is 0.789. The van der Waals surface area contributed by atoms with Crippen molar-refractivity contribution in [3.63, 3.8) is 0 Å². The molecule has 120 valence electrons. The molecule has 0 aliphatic carbocycles. The van der Waals surface area contributed by atoms with Gasteiger partial charge in [0.25, 0.3) is 0 Å². The maximum Gasteiger partial charge on any atom is 0.239 e. The molecule has 0 aromatic carbocycles. The molecule has 5 heteroatoms. The molecule has 2 aliphatic heterocycles. The fourth-order valence-electron chi connectivity index (χ4n) is 3.76. The van der Waals surface area contributed by atoms with Crippen LogP contribution in [0.1, 0.15) is 46.0 Å². The van der Waals surface area contributed by atoms with Crippen LogP contribution in [0.15, 0.2) is 0 Å². The average Bonchev–Trinajstić information content (AvgIpc) is 2.85. The van der Waals surface area contributed by atoms with Crippen molar-refractivity contribution in [3.8, 4) is 0 Å². The molecule has 0 spiro atoms. The number of likely N-dealkylation sites (N-methyl/N-ethyl adjacent to an activating group) is 1. The molecule has 2 aliphatic rings. The Kier molecular flexibility index (Phi) is 5.25. The van der Waals surface area contributed by atoms with Crippen LogP contribution in [0.2, 0.25) is 0 Å². The third-order valence-electron chi connectivity index (χ3n) is 4.91. The highest BCUT2D eigenvalue weighted by Crippen LogP contribution is 2.24. The molecule has 2 amide bonds. The summed E-state index contributed by atoms with van der Waals surface area (Å²) in [5, 5.41) is 0. The number of likely N-dealkylation sites (tertiary alicyclic amines) is 2. The third-order valence-corrected chi connectivity index (χ3v) is 4.91. The summed E-state index contributed by atoms with van der Waals surface area (Å²) in [5.41, 5.74) is 0. The molecule has 0 radical (unpaired) electrons.